The lowest BCUT2D eigenvalue weighted by Gasteiger charge is -2.27. The molecule has 0 aliphatic carbocycles. The summed E-state index contributed by atoms with van der Waals surface area (Å²) in [7, 11) is 0. The van der Waals surface area contributed by atoms with Gasteiger partial charge >= 0.3 is 0 Å². The fraction of sp³-hybridized carbons (Fsp3) is 1.00. The van der Waals surface area contributed by atoms with E-state index in [4.69, 9.17) is 14.2 Å². The van der Waals surface area contributed by atoms with E-state index in [-0.39, 0.29) is 16.0 Å². The molecule has 0 aromatic heterocycles. The van der Waals surface area contributed by atoms with Crippen molar-refractivity contribution in [1.29, 1.82) is 0 Å². The Morgan fingerprint density at radius 3 is 2.85 bits per heavy atom. The Bertz CT molecular complexity index is 176. The third-order valence-corrected chi connectivity index (χ3v) is 4.02. The number of rotatable bonds is 3. The van der Waals surface area contributed by atoms with Crippen molar-refractivity contribution < 1.29 is 14.2 Å². The minimum Gasteiger partial charge on any atom is -0.355 e. The molecule has 2 saturated heterocycles. The zero-order valence-electron chi connectivity index (χ0n) is 7.79. The van der Waals surface area contributed by atoms with E-state index in [0.717, 1.165) is 19.6 Å². The summed E-state index contributed by atoms with van der Waals surface area (Å²) in [4.78, 5) is 0. The Morgan fingerprint density at radius 1 is 1.54 bits per heavy atom. The van der Waals surface area contributed by atoms with Crippen LogP contribution in [0.3, 0.4) is 0 Å². The molecule has 0 bridgehead atoms. The molecule has 2 fully saturated rings. The second kappa shape index (κ2) is 4.00. The molecule has 0 radical (unpaired) electrons. The highest BCUT2D eigenvalue weighted by molar-refractivity contribution is 14.1. The van der Waals surface area contributed by atoms with E-state index in [1.165, 1.54) is 12.8 Å². The van der Waals surface area contributed by atoms with E-state index in [1.807, 2.05) is 0 Å². The van der Waals surface area contributed by atoms with E-state index in [2.05, 4.69) is 29.5 Å². The summed E-state index contributed by atoms with van der Waals surface area (Å²) in [6, 6.07) is 0. The van der Waals surface area contributed by atoms with Crippen LogP contribution in [-0.2, 0) is 14.2 Å². The molecule has 4 heteroatoms. The molecule has 2 rings (SSSR count). The molecule has 0 aromatic carbocycles. The monoisotopic (exact) mass is 298 g/mol. The Kier molecular flexibility index (Phi) is 3.12. The molecular formula is C9H15IO3. The van der Waals surface area contributed by atoms with Gasteiger partial charge in [0.05, 0.1) is 12.7 Å². The summed E-state index contributed by atoms with van der Waals surface area (Å²) in [5.41, 5.74) is 0. The van der Waals surface area contributed by atoms with Gasteiger partial charge in [0.1, 0.15) is 0 Å². The second-order valence-corrected chi connectivity index (χ2v) is 5.48. The van der Waals surface area contributed by atoms with Crippen molar-refractivity contribution in [2.45, 2.75) is 42.2 Å². The van der Waals surface area contributed by atoms with Gasteiger partial charge in [-0.05, 0) is 48.8 Å². The SMILES string of the molecule is CC(OC1CCCCO1)C1(I)CO1. The summed E-state index contributed by atoms with van der Waals surface area (Å²) >= 11 is 2.31. The van der Waals surface area contributed by atoms with Crippen molar-refractivity contribution in [3.05, 3.63) is 0 Å². The lowest BCUT2D eigenvalue weighted by molar-refractivity contribution is -0.188. The summed E-state index contributed by atoms with van der Waals surface area (Å²) in [6.45, 7) is 3.70. The van der Waals surface area contributed by atoms with Crippen LogP contribution in [-0.4, -0.2) is 29.2 Å². The van der Waals surface area contributed by atoms with Crippen LogP contribution in [0.15, 0.2) is 0 Å². The molecule has 0 spiro atoms. The van der Waals surface area contributed by atoms with Gasteiger partial charge in [-0.15, -0.1) is 0 Å². The maximum atomic E-state index is 5.76. The van der Waals surface area contributed by atoms with Gasteiger partial charge in [-0.25, -0.2) is 0 Å². The van der Waals surface area contributed by atoms with Gasteiger partial charge in [0.25, 0.3) is 0 Å². The molecule has 3 unspecified atom stereocenters. The predicted molar refractivity (Wildman–Crippen MR) is 56.8 cm³/mol. The van der Waals surface area contributed by atoms with Crippen LogP contribution in [0.2, 0.25) is 0 Å². The molecule has 0 aromatic rings. The second-order valence-electron chi connectivity index (χ2n) is 3.65. The van der Waals surface area contributed by atoms with E-state index in [0.29, 0.717) is 0 Å². The van der Waals surface area contributed by atoms with E-state index in [9.17, 15) is 0 Å². The van der Waals surface area contributed by atoms with Crippen LogP contribution in [0.5, 0.6) is 0 Å². The third-order valence-electron chi connectivity index (χ3n) is 2.52. The first kappa shape index (κ1) is 10.1. The van der Waals surface area contributed by atoms with Crippen molar-refractivity contribution in [3.8, 4) is 0 Å². The average molecular weight is 298 g/mol. The summed E-state index contributed by atoms with van der Waals surface area (Å²) in [5.74, 6) is 0. The van der Waals surface area contributed by atoms with Crippen LogP contribution in [0.25, 0.3) is 0 Å². The molecule has 2 aliphatic heterocycles. The minimum absolute atomic E-state index is 0.000379. The van der Waals surface area contributed by atoms with Crippen molar-refractivity contribution in [2.75, 3.05) is 13.2 Å². The number of halogens is 1. The lowest BCUT2D eigenvalue weighted by Crippen LogP contribution is -2.32. The van der Waals surface area contributed by atoms with Gasteiger partial charge in [-0.3, -0.25) is 0 Å². The van der Waals surface area contributed by atoms with Gasteiger partial charge in [0.2, 0.25) is 0 Å². The van der Waals surface area contributed by atoms with E-state index < -0.39 is 0 Å². The van der Waals surface area contributed by atoms with Crippen molar-refractivity contribution in [2.24, 2.45) is 0 Å². The van der Waals surface area contributed by atoms with E-state index >= 15 is 0 Å². The van der Waals surface area contributed by atoms with Crippen LogP contribution < -0.4 is 0 Å². The number of epoxide rings is 1. The summed E-state index contributed by atoms with van der Waals surface area (Å²) < 4.78 is 16.5. The molecule has 0 saturated carbocycles. The van der Waals surface area contributed by atoms with Crippen LogP contribution in [0.4, 0.5) is 0 Å². The molecule has 3 atom stereocenters. The first-order valence-corrected chi connectivity index (χ1v) is 5.88. The van der Waals surface area contributed by atoms with Gasteiger partial charge in [-0.2, -0.15) is 0 Å². The van der Waals surface area contributed by atoms with Gasteiger partial charge in [0, 0.05) is 6.61 Å². The highest BCUT2D eigenvalue weighted by Crippen LogP contribution is 2.40. The molecule has 2 heterocycles. The smallest absolute Gasteiger partial charge is 0.168 e. The topological polar surface area (TPSA) is 31.0 Å². The average Bonchev–Trinajstić information content (AvgIpc) is 2.87. The van der Waals surface area contributed by atoms with Gasteiger partial charge in [0.15, 0.2) is 9.90 Å². The van der Waals surface area contributed by atoms with Crippen molar-refractivity contribution in [1.82, 2.24) is 0 Å². The molecule has 76 valence electrons. The fourth-order valence-corrected chi connectivity index (χ4v) is 1.75. The number of ether oxygens (including phenoxy) is 3. The minimum atomic E-state index is -0.0709. The predicted octanol–water partition coefficient (Wildman–Crippen LogP) is 2.08. The quantitative estimate of drug-likeness (QED) is 0.454. The molecule has 0 amide bonds. The number of hydrogen-bond donors (Lipinski definition) is 0. The molecular weight excluding hydrogens is 283 g/mol. The zero-order valence-corrected chi connectivity index (χ0v) is 9.95. The van der Waals surface area contributed by atoms with Crippen LogP contribution in [0, 0.1) is 0 Å². The largest absolute Gasteiger partial charge is 0.355 e. The Balaban J connectivity index is 1.76. The Hall–Kier alpha value is 0.610. The van der Waals surface area contributed by atoms with E-state index in [1.54, 1.807) is 0 Å². The fourth-order valence-electron chi connectivity index (χ4n) is 1.45. The number of alkyl halides is 1. The van der Waals surface area contributed by atoms with Crippen LogP contribution >= 0.6 is 22.6 Å². The molecule has 0 N–H and O–H groups in total. The highest BCUT2D eigenvalue weighted by Gasteiger charge is 2.48. The molecule has 3 nitrogen and oxygen atoms in total. The maximum absolute atomic E-state index is 5.76. The first-order valence-electron chi connectivity index (χ1n) is 4.81. The summed E-state index contributed by atoms with van der Waals surface area (Å²) in [6.07, 6.45) is 3.54. The van der Waals surface area contributed by atoms with Gasteiger partial charge in [-0.1, -0.05) is 0 Å². The normalized spacial score (nSPS) is 41.5. The molecule has 13 heavy (non-hydrogen) atoms. The maximum Gasteiger partial charge on any atom is 0.168 e. The summed E-state index contributed by atoms with van der Waals surface area (Å²) in [5, 5.41) is 0. The first-order chi connectivity index (χ1) is 6.21. The Morgan fingerprint density at radius 2 is 2.31 bits per heavy atom. The van der Waals surface area contributed by atoms with Crippen LogP contribution in [0.1, 0.15) is 26.2 Å². The molecule has 2 aliphatic rings. The van der Waals surface area contributed by atoms with Crippen molar-refractivity contribution >= 4 is 22.6 Å². The lowest BCUT2D eigenvalue weighted by atomic mass is 10.2. The Labute approximate surface area is 92.2 Å². The van der Waals surface area contributed by atoms with Gasteiger partial charge < -0.3 is 14.2 Å². The third kappa shape index (κ3) is 2.55. The van der Waals surface area contributed by atoms with Crippen molar-refractivity contribution in [3.63, 3.8) is 0 Å². The standard InChI is InChI=1S/C9H15IO3/c1-7(9(10)6-12-9)13-8-4-2-3-5-11-8/h7-8H,2-6H2,1H3. The highest BCUT2D eigenvalue weighted by atomic mass is 127. The zero-order chi connectivity index (χ0) is 9.31. The number of hydrogen-bond acceptors (Lipinski definition) is 3.